The molecule has 0 aromatic rings. The molecule has 0 N–H and O–H groups in total. The van der Waals surface area contributed by atoms with Crippen molar-refractivity contribution >= 4 is 15.9 Å². The van der Waals surface area contributed by atoms with E-state index < -0.39 is 7.59 Å². The predicted molar refractivity (Wildman–Crippen MR) is 84.4 cm³/mol. The van der Waals surface area contributed by atoms with Crippen molar-refractivity contribution < 1.29 is 0 Å². The Labute approximate surface area is 111 Å². The average molecular weight is 268 g/mol. The third-order valence-corrected chi connectivity index (χ3v) is 23.4. The van der Waals surface area contributed by atoms with Gasteiger partial charge in [0.1, 0.15) is 0 Å². The van der Waals surface area contributed by atoms with Gasteiger partial charge in [0.15, 0.2) is 0 Å². The number of allylic oxidation sites excluding steroid dienone is 2. The number of hydrogen-bond acceptors (Lipinski definition) is 0. The molecule has 0 aromatic carbocycles. The monoisotopic (exact) mass is 267 g/mol. The summed E-state index contributed by atoms with van der Waals surface area (Å²) in [6.45, 7) is 19.9. The Hall–Kier alpha value is 0.174. The van der Waals surface area contributed by atoms with E-state index in [1.54, 1.807) is 0 Å². The summed E-state index contributed by atoms with van der Waals surface area (Å²) in [5, 5.41) is 3.89. The molecular formula is C15H31Si2-. The molecule has 0 amide bonds. The molecular weight excluding hydrogens is 236 g/mol. The molecule has 0 radical (unpaired) electrons. The molecule has 0 bridgehead atoms. The maximum Gasteiger partial charge on any atom is -0.0645 e. The third-order valence-electron chi connectivity index (χ3n) is 4.91. The Morgan fingerprint density at radius 3 is 1.24 bits per heavy atom. The van der Waals surface area contributed by atoms with Crippen LogP contribution >= 0.6 is 0 Å². The van der Waals surface area contributed by atoms with Crippen molar-refractivity contribution in [2.24, 2.45) is 0 Å². The molecule has 0 nitrogen and oxygen atoms in total. The fourth-order valence-corrected chi connectivity index (χ4v) is 23.5. The molecule has 0 saturated heterocycles. The second kappa shape index (κ2) is 5.44. The van der Waals surface area contributed by atoms with Crippen LogP contribution in [0.1, 0.15) is 68.2 Å². The summed E-state index contributed by atoms with van der Waals surface area (Å²) in [6.07, 6.45) is 2.69. The minimum absolute atomic E-state index is 0.187. The SMILES string of the molecule is CCC1=C(CC)[Si-]1[Si](C(C)C)(C(C)C)C(C)C. The van der Waals surface area contributed by atoms with E-state index in [0.717, 1.165) is 16.6 Å². The van der Waals surface area contributed by atoms with Crippen LogP contribution in [0.4, 0.5) is 0 Å². The van der Waals surface area contributed by atoms with E-state index in [0.29, 0.717) is 0 Å². The number of rotatable bonds is 6. The minimum Gasteiger partial charge on any atom is -0.265 e. The highest BCUT2D eigenvalue weighted by Crippen LogP contribution is 2.53. The van der Waals surface area contributed by atoms with E-state index >= 15 is 0 Å². The molecule has 0 aromatic heterocycles. The van der Waals surface area contributed by atoms with Crippen LogP contribution in [0.5, 0.6) is 0 Å². The van der Waals surface area contributed by atoms with Gasteiger partial charge in [-0.25, -0.2) is 0 Å². The van der Waals surface area contributed by atoms with Gasteiger partial charge >= 0.3 is 0 Å². The highest BCUT2D eigenvalue weighted by molar-refractivity contribution is 7.44. The highest BCUT2D eigenvalue weighted by atomic mass is 29.2. The van der Waals surface area contributed by atoms with Gasteiger partial charge in [-0.05, 0) is 0 Å². The summed E-state index contributed by atoms with van der Waals surface area (Å²) >= 11 is 0. The predicted octanol–water partition coefficient (Wildman–Crippen LogP) is 5.45. The van der Waals surface area contributed by atoms with Gasteiger partial charge in [-0.2, -0.15) is 0 Å². The van der Waals surface area contributed by atoms with Gasteiger partial charge in [0.2, 0.25) is 0 Å². The van der Waals surface area contributed by atoms with E-state index in [1.165, 1.54) is 12.8 Å². The largest absolute Gasteiger partial charge is 0.265 e. The van der Waals surface area contributed by atoms with Crippen molar-refractivity contribution in [2.75, 3.05) is 0 Å². The summed E-state index contributed by atoms with van der Waals surface area (Å²) in [4.78, 5) is 0. The summed E-state index contributed by atoms with van der Waals surface area (Å²) in [5.74, 6) is 0. The molecule has 1 aliphatic heterocycles. The van der Waals surface area contributed by atoms with Crippen LogP contribution in [0.25, 0.3) is 0 Å². The van der Waals surface area contributed by atoms with Gasteiger partial charge < -0.3 is 0 Å². The molecule has 0 unspecified atom stereocenters. The molecule has 0 saturated carbocycles. The average Bonchev–Trinajstić information content (AvgIpc) is 2.90. The highest BCUT2D eigenvalue weighted by Gasteiger charge is 2.44. The normalized spacial score (nSPS) is 16.8. The standard InChI is InChI=1S/C15H31Si2/c1-9-14-15(10-2)16(14)17(11(3)4,12(5)6)13(7)8/h11-13H,9-10H2,1-8H3/q-1. The van der Waals surface area contributed by atoms with Crippen LogP contribution in [-0.2, 0) is 0 Å². The topological polar surface area (TPSA) is 0 Å². The van der Waals surface area contributed by atoms with Gasteiger partial charge in [0.05, 0.1) is 0 Å². The first-order valence-corrected chi connectivity index (χ1v) is 12.2. The molecule has 17 heavy (non-hydrogen) atoms. The zero-order chi connectivity index (χ0) is 13.4. The van der Waals surface area contributed by atoms with Crippen molar-refractivity contribution in [3.05, 3.63) is 10.4 Å². The van der Waals surface area contributed by atoms with Crippen molar-refractivity contribution in [3.63, 3.8) is 0 Å². The second-order valence-electron chi connectivity index (χ2n) is 6.44. The Morgan fingerprint density at radius 2 is 1.06 bits per heavy atom. The van der Waals surface area contributed by atoms with Crippen molar-refractivity contribution in [3.8, 4) is 0 Å². The number of hydrogen-bond donors (Lipinski definition) is 0. The first kappa shape index (κ1) is 15.2. The summed E-state index contributed by atoms with van der Waals surface area (Å²) < 4.78 is 0. The van der Waals surface area contributed by atoms with Crippen LogP contribution in [0.15, 0.2) is 10.4 Å². The molecule has 1 heterocycles. The molecule has 0 aliphatic carbocycles. The van der Waals surface area contributed by atoms with Gasteiger partial charge in [0.25, 0.3) is 0 Å². The fraction of sp³-hybridized carbons (Fsp3) is 0.867. The van der Waals surface area contributed by atoms with Crippen molar-refractivity contribution in [2.45, 2.75) is 84.9 Å². The quantitative estimate of drug-likeness (QED) is 0.562. The van der Waals surface area contributed by atoms with Crippen LogP contribution in [0.3, 0.4) is 0 Å². The second-order valence-corrected chi connectivity index (χ2v) is 17.8. The van der Waals surface area contributed by atoms with E-state index in [4.69, 9.17) is 0 Å². The van der Waals surface area contributed by atoms with Gasteiger partial charge in [-0.15, -0.1) is 0 Å². The first-order chi connectivity index (χ1) is 7.85. The fourth-order valence-electron chi connectivity index (χ4n) is 4.44. The Bertz CT molecular complexity index is 264. The molecule has 100 valence electrons. The summed E-state index contributed by atoms with van der Waals surface area (Å²) in [5.41, 5.74) is 2.84. The molecule has 1 rings (SSSR count). The lowest BCUT2D eigenvalue weighted by Gasteiger charge is -2.54. The Kier molecular flexibility index (Phi) is 4.87. The van der Waals surface area contributed by atoms with Crippen molar-refractivity contribution in [1.82, 2.24) is 0 Å². The van der Waals surface area contributed by atoms with Crippen molar-refractivity contribution in [1.29, 1.82) is 0 Å². The van der Waals surface area contributed by atoms with Crippen LogP contribution < -0.4 is 0 Å². The van der Waals surface area contributed by atoms with E-state index in [-0.39, 0.29) is 8.31 Å². The summed E-state index contributed by atoms with van der Waals surface area (Å²) in [7, 11) is -1.32. The van der Waals surface area contributed by atoms with E-state index in [9.17, 15) is 0 Å². The Balaban J connectivity index is 3.10. The van der Waals surface area contributed by atoms with Gasteiger partial charge in [-0.1, -0.05) is 92.4 Å². The van der Waals surface area contributed by atoms with E-state index in [2.05, 4.69) is 55.4 Å². The molecule has 2 heteroatoms. The lowest BCUT2D eigenvalue weighted by atomic mass is 10.4. The van der Waals surface area contributed by atoms with Gasteiger partial charge in [0, 0.05) is 0 Å². The first-order valence-electron chi connectivity index (χ1n) is 7.45. The lowest BCUT2D eigenvalue weighted by molar-refractivity contribution is 0.845. The Morgan fingerprint density at radius 1 is 0.765 bits per heavy atom. The lowest BCUT2D eigenvalue weighted by Crippen LogP contribution is -2.54. The maximum atomic E-state index is 2.52. The molecule has 0 spiro atoms. The van der Waals surface area contributed by atoms with Crippen LogP contribution in [-0.4, -0.2) is 15.9 Å². The van der Waals surface area contributed by atoms with Gasteiger partial charge in [-0.3, -0.25) is 18.7 Å². The molecule has 0 atom stereocenters. The van der Waals surface area contributed by atoms with Crippen LogP contribution in [0.2, 0.25) is 16.6 Å². The molecule has 1 aliphatic rings. The minimum atomic E-state index is -1.13. The smallest absolute Gasteiger partial charge is 0.0645 e. The third kappa shape index (κ3) is 2.23. The maximum absolute atomic E-state index is 2.52. The summed E-state index contributed by atoms with van der Waals surface area (Å²) in [6, 6.07) is 0. The molecule has 0 fully saturated rings. The zero-order valence-corrected chi connectivity index (χ0v) is 15.1. The van der Waals surface area contributed by atoms with E-state index in [1.807, 2.05) is 10.4 Å². The zero-order valence-electron chi connectivity index (χ0n) is 13.1. The van der Waals surface area contributed by atoms with Crippen LogP contribution in [0, 0.1) is 0 Å².